The van der Waals surface area contributed by atoms with Gasteiger partial charge in [-0.25, -0.2) is 4.79 Å². The second-order valence-electron chi connectivity index (χ2n) is 3.68. The zero-order valence-corrected chi connectivity index (χ0v) is 8.77. The maximum atomic E-state index is 11.2. The van der Waals surface area contributed by atoms with Gasteiger partial charge in [0.25, 0.3) is 0 Å². The zero-order valence-electron chi connectivity index (χ0n) is 8.77. The van der Waals surface area contributed by atoms with E-state index in [0.717, 1.165) is 24.0 Å². The third-order valence-electron chi connectivity index (χ3n) is 2.54. The molecule has 0 amide bonds. The Bertz CT molecular complexity index is 379. The summed E-state index contributed by atoms with van der Waals surface area (Å²) in [5.41, 5.74) is 2.10. The first-order chi connectivity index (χ1) is 7.31. The van der Waals surface area contributed by atoms with Crippen molar-refractivity contribution < 1.29 is 9.53 Å². The van der Waals surface area contributed by atoms with Crippen LogP contribution in [0.1, 0.15) is 25.3 Å². The Morgan fingerprint density at radius 1 is 1.27 bits per heavy atom. The third kappa shape index (κ3) is 2.09. The molecule has 78 valence electrons. The van der Waals surface area contributed by atoms with Crippen LogP contribution in [0, 0.1) is 0 Å². The predicted octanol–water partition coefficient (Wildman–Crippen LogP) is 2.80. The quantitative estimate of drug-likeness (QED) is 0.704. The topological polar surface area (TPSA) is 26.3 Å². The van der Waals surface area contributed by atoms with Gasteiger partial charge in [-0.05, 0) is 12.0 Å². The largest absolute Gasteiger partial charge is 0.454 e. The van der Waals surface area contributed by atoms with E-state index in [4.69, 9.17) is 4.74 Å². The van der Waals surface area contributed by atoms with Crippen molar-refractivity contribution in [3.8, 4) is 0 Å². The fourth-order valence-electron chi connectivity index (χ4n) is 1.83. The van der Waals surface area contributed by atoms with E-state index < -0.39 is 0 Å². The van der Waals surface area contributed by atoms with Gasteiger partial charge in [-0.1, -0.05) is 43.7 Å². The molecule has 0 aromatic heterocycles. The van der Waals surface area contributed by atoms with Gasteiger partial charge in [-0.15, -0.1) is 0 Å². The van der Waals surface area contributed by atoms with Crippen molar-refractivity contribution in [3.63, 3.8) is 0 Å². The van der Waals surface area contributed by atoms with Crippen LogP contribution < -0.4 is 0 Å². The molecule has 1 aliphatic heterocycles. The minimum atomic E-state index is -0.215. The van der Waals surface area contributed by atoms with Crippen LogP contribution in [0.15, 0.2) is 36.4 Å². The molecule has 0 saturated carbocycles. The van der Waals surface area contributed by atoms with Crippen LogP contribution in [-0.2, 0) is 9.53 Å². The van der Waals surface area contributed by atoms with Gasteiger partial charge in [-0.2, -0.15) is 0 Å². The molecule has 2 rings (SSSR count). The van der Waals surface area contributed by atoms with Gasteiger partial charge < -0.3 is 4.74 Å². The molecule has 0 saturated heterocycles. The maximum absolute atomic E-state index is 11.2. The first kappa shape index (κ1) is 9.97. The Morgan fingerprint density at radius 2 is 2.00 bits per heavy atom. The monoisotopic (exact) mass is 202 g/mol. The zero-order chi connectivity index (χ0) is 10.7. The number of cyclic esters (lactones) is 1. The molecule has 1 atom stereocenters. The van der Waals surface area contributed by atoms with Crippen LogP contribution in [0.25, 0.3) is 5.57 Å². The average Bonchev–Trinajstić information content (AvgIpc) is 2.62. The molecule has 1 aromatic carbocycles. The lowest BCUT2D eigenvalue weighted by molar-refractivity contribution is -0.138. The molecular weight excluding hydrogens is 188 g/mol. The maximum Gasteiger partial charge on any atom is 0.331 e. The number of esters is 1. The molecule has 0 radical (unpaired) electrons. The highest BCUT2D eigenvalue weighted by atomic mass is 16.5. The molecule has 2 nitrogen and oxygen atoms in total. The van der Waals surface area contributed by atoms with E-state index in [0.29, 0.717) is 0 Å². The van der Waals surface area contributed by atoms with E-state index in [9.17, 15) is 4.79 Å². The fourth-order valence-corrected chi connectivity index (χ4v) is 1.83. The number of hydrogen-bond donors (Lipinski definition) is 0. The molecule has 0 bridgehead atoms. The first-order valence-corrected chi connectivity index (χ1v) is 5.29. The lowest BCUT2D eigenvalue weighted by atomic mass is 9.99. The molecular formula is C13H14O2. The number of ether oxygens (including phenoxy) is 1. The van der Waals surface area contributed by atoms with Crippen molar-refractivity contribution in [1.29, 1.82) is 0 Å². The highest BCUT2D eigenvalue weighted by Gasteiger charge is 2.25. The van der Waals surface area contributed by atoms with Crippen molar-refractivity contribution in [2.45, 2.75) is 25.9 Å². The molecule has 0 spiro atoms. The van der Waals surface area contributed by atoms with E-state index in [1.165, 1.54) is 0 Å². The second-order valence-corrected chi connectivity index (χ2v) is 3.68. The summed E-state index contributed by atoms with van der Waals surface area (Å²) in [7, 11) is 0. The van der Waals surface area contributed by atoms with E-state index in [-0.39, 0.29) is 12.1 Å². The van der Waals surface area contributed by atoms with Crippen molar-refractivity contribution in [3.05, 3.63) is 42.0 Å². The van der Waals surface area contributed by atoms with Gasteiger partial charge in [0.05, 0.1) is 0 Å². The van der Waals surface area contributed by atoms with Gasteiger partial charge >= 0.3 is 5.97 Å². The predicted molar refractivity (Wildman–Crippen MR) is 59.2 cm³/mol. The van der Waals surface area contributed by atoms with Gasteiger partial charge in [0.1, 0.15) is 6.10 Å². The Hall–Kier alpha value is -1.57. The summed E-state index contributed by atoms with van der Waals surface area (Å²) in [6.45, 7) is 2.09. The SMILES string of the molecule is CCC[C@@H]1OC(=O)C=C1c1ccccc1. The standard InChI is InChI=1S/C13H14O2/c1-2-6-12-11(9-13(14)15-12)10-7-4-3-5-8-10/h3-5,7-9,12H,2,6H2,1H3/t12-/m0/s1. The summed E-state index contributed by atoms with van der Waals surface area (Å²) in [5.74, 6) is -0.215. The molecule has 1 aromatic rings. The summed E-state index contributed by atoms with van der Waals surface area (Å²) >= 11 is 0. The summed E-state index contributed by atoms with van der Waals surface area (Å²) in [6, 6.07) is 9.94. The number of carbonyl (C=O) groups excluding carboxylic acids is 1. The fraction of sp³-hybridized carbons (Fsp3) is 0.308. The van der Waals surface area contributed by atoms with Gasteiger partial charge in [0.2, 0.25) is 0 Å². The van der Waals surface area contributed by atoms with Crippen LogP contribution in [-0.4, -0.2) is 12.1 Å². The van der Waals surface area contributed by atoms with Crippen LogP contribution in [0.4, 0.5) is 0 Å². The molecule has 0 fully saturated rings. The Morgan fingerprint density at radius 3 is 2.67 bits per heavy atom. The van der Waals surface area contributed by atoms with Gasteiger partial charge in [0.15, 0.2) is 0 Å². The molecule has 2 heteroatoms. The summed E-state index contributed by atoms with van der Waals surface area (Å²) in [5, 5.41) is 0. The Balaban J connectivity index is 2.27. The number of rotatable bonds is 3. The van der Waals surface area contributed by atoms with Crippen LogP contribution in [0.3, 0.4) is 0 Å². The first-order valence-electron chi connectivity index (χ1n) is 5.29. The van der Waals surface area contributed by atoms with Crippen molar-refractivity contribution >= 4 is 11.5 Å². The lowest BCUT2D eigenvalue weighted by Crippen LogP contribution is -2.10. The lowest BCUT2D eigenvalue weighted by Gasteiger charge is -2.13. The normalized spacial score (nSPS) is 19.9. The minimum Gasteiger partial charge on any atom is -0.454 e. The smallest absolute Gasteiger partial charge is 0.331 e. The minimum absolute atomic E-state index is 0.0510. The summed E-state index contributed by atoms with van der Waals surface area (Å²) < 4.78 is 5.24. The number of benzene rings is 1. The van der Waals surface area contributed by atoms with E-state index in [2.05, 4.69) is 6.92 Å². The molecule has 1 aliphatic rings. The molecule has 0 aliphatic carbocycles. The highest BCUT2D eigenvalue weighted by molar-refractivity contribution is 5.97. The van der Waals surface area contributed by atoms with E-state index in [1.54, 1.807) is 6.08 Å². The number of hydrogen-bond acceptors (Lipinski definition) is 2. The average molecular weight is 202 g/mol. The molecule has 0 unspecified atom stereocenters. The van der Waals surface area contributed by atoms with Crippen molar-refractivity contribution in [2.24, 2.45) is 0 Å². The molecule has 0 N–H and O–H groups in total. The van der Waals surface area contributed by atoms with Gasteiger partial charge in [-0.3, -0.25) is 0 Å². The Labute approximate surface area is 89.6 Å². The summed E-state index contributed by atoms with van der Waals surface area (Å²) in [4.78, 5) is 11.2. The summed E-state index contributed by atoms with van der Waals surface area (Å²) in [6.07, 6.45) is 3.47. The van der Waals surface area contributed by atoms with E-state index in [1.807, 2.05) is 30.3 Å². The van der Waals surface area contributed by atoms with Crippen LogP contribution in [0.5, 0.6) is 0 Å². The highest BCUT2D eigenvalue weighted by Crippen LogP contribution is 2.28. The van der Waals surface area contributed by atoms with Gasteiger partial charge in [0, 0.05) is 11.6 Å². The number of carbonyl (C=O) groups is 1. The van der Waals surface area contributed by atoms with Crippen LogP contribution in [0.2, 0.25) is 0 Å². The van der Waals surface area contributed by atoms with Crippen molar-refractivity contribution in [2.75, 3.05) is 0 Å². The molecule has 1 heterocycles. The molecule has 15 heavy (non-hydrogen) atoms. The van der Waals surface area contributed by atoms with E-state index >= 15 is 0 Å². The van der Waals surface area contributed by atoms with Crippen LogP contribution >= 0.6 is 0 Å². The Kier molecular flexibility index (Phi) is 2.86. The van der Waals surface area contributed by atoms with Crippen molar-refractivity contribution in [1.82, 2.24) is 0 Å². The second kappa shape index (κ2) is 4.30. The third-order valence-corrected chi connectivity index (χ3v) is 2.54.